The van der Waals surface area contributed by atoms with Crippen molar-refractivity contribution >= 4 is 34.3 Å². The lowest BCUT2D eigenvalue weighted by molar-refractivity contribution is 0.368. The highest BCUT2D eigenvalue weighted by Crippen LogP contribution is 2.44. The molecule has 0 aliphatic heterocycles. The fourth-order valence-corrected chi connectivity index (χ4v) is 4.20. The summed E-state index contributed by atoms with van der Waals surface area (Å²) in [6, 6.07) is 13.3. The Balaban J connectivity index is 0.000000197. The number of hydrogen-bond donors (Lipinski definition) is 11. The van der Waals surface area contributed by atoms with Gasteiger partial charge in [0.25, 0.3) is 0 Å². The molecule has 0 radical (unpaired) electrons. The Hall–Kier alpha value is -6.21. The van der Waals surface area contributed by atoms with Crippen LogP contribution in [0.1, 0.15) is 0 Å². The van der Waals surface area contributed by atoms with Gasteiger partial charge in [0.15, 0.2) is 28.7 Å². The largest absolute Gasteiger partial charge is 0.507 e. The van der Waals surface area contributed by atoms with E-state index in [0.29, 0.717) is 5.56 Å². The van der Waals surface area contributed by atoms with Crippen LogP contribution in [0.15, 0.2) is 75.6 Å². The van der Waals surface area contributed by atoms with Crippen LogP contribution in [0, 0.1) is 0 Å². The molecule has 13 nitrogen and oxygen atoms in total. The van der Waals surface area contributed by atoms with E-state index < -0.39 is 17.2 Å². The third-order valence-electron chi connectivity index (χ3n) is 6.23. The van der Waals surface area contributed by atoms with Crippen LogP contribution < -0.4 is 0 Å². The van der Waals surface area contributed by atoms with Gasteiger partial charge >= 0.3 is 22.7 Å². The van der Waals surface area contributed by atoms with Gasteiger partial charge in [0.2, 0.25) is 11.5 Å². The van der Waals surface area contributed by atoms with Gasteiger partial charge in [-0.25, -0.2) is 8.83 Å². The summed E-state index contributed by atoms with van der Waals surface area (Å²) in [6.07, 6.45) is 0. The number of fused-ring (bicyclic) bond motifs is 2. The molecule has 14 heteroatoms. The number of phenols is 9. The smallest absolute Gasteiger partial charge is 0.402 e. The minimum absolute atomic E-state index is 0. The second-order valence-corrected chi connectivity index (χ2v) is 9.24. The Morgan fingerprint density at radius 2 is 0.795 bits per heavy atom. The van der Waals surface area contributed by atoms with Crippen molar-refractivity contribution in [3.8, 4) is 85.9 Å². The number of aromatic hydroxyl groups is 11. The molecule has 2 aromatic heterocycles. The Morgan fingerprint density at radius 3 is 1.25 bits per heavy atom. The highest BCUT2D eigenvalue weighted by Gasteiger charge is 2.27. The zero-order valence-corrected chi connectivity index (χ0v) is 22.8. The minimum atomic E-state index is -0.695. The summed E-state index contributed by atoms with van der Waals surface area (Å²) in [5, 5.41) is 106. The van der Waals surface area contributed by atoms with E-state index >= 15 is 0 Å². The number of halogens is 1. The fourth-order valence-electron chi connectivity index (χ4n) is 4.20. The van der Waals surface area contributed by atoms with Gasteiger partial charge in [-0.1, -0.05) is 0 Å². The van der Waals surface area contributed by atoms with Gasteiger partial charge in [-0.05, 0) is 12.1 Å². The average Bonchev–Trinajstić information content (AvgIpc) is 2.93. The lowest BCUT2D eigenvalue weighted by atomic mass is 10.1. The molecule has 44 heavy (non-hydrogen) atoms. The molecule has 2 heterocycles. The molecule has 6 rings (SSSR count). The Morgan fingerprint density at radius 1 is 0.364 bits per heavy atom. The van der Waals surface area contributed by atoms with Crippen molar-refractivity contribution in [1.29, 1.82) is 0 Å². The van der Waals surface area contributed by atoms with Crippen molar-refractivity contribution in [1.82, 2.24) is 0 Å². The van der Waals surface area contributed by atoms with Crippen LogP contribution in [0.25, 0.3) is 44.6 Å². The standard InChI is InChI=1S/C15H10O7.C15H10O6.ClH/c16-7-3-9(17)8-5-12(20)15(22-13(8)4-7)6-1-10(18)14(21)11(19)2-6;16-8-4-11(18)9-6-13(20)15(21-14(9)5-8)7-1-2-10(17)12(19)3-7;/h1-5H,(H5-,16,17,18,19,20,21);1-6H,(H4-,16,17,18,19,20);1H/p+2. The number of hydrogen-bond acceptors (Lipinski definition) is 11. The quantitative estimate of drug-likeness (QED) is 0.0787. The first-order chi connectivity index (χ1) is 20.3. The molecule has 0 bridgehead atoms. The van der Waals surface area contributed by atoms with Crippen LogP contribution in [-0.4, -0.2) is 56.2 Å². The lowest BCUT2D eigenvalue weighted by Gasteiger charge is -2.03. The van der Waals surface area contributed by atoms with Crippen LogP contribution in [0.2, 0.25) is 0 Å². The first-order valence-corrected chi connectivity index (χ1v) is 12.1. The van der Waals surface area contributed by atoms with Gasteiger partial charge in [-0.2, -0.15) is 0 Å². The van der Waals surface area contributed by atoms with E-state index in [-0.39, 0.29) is 97.4 Å². The predicted molar refractivity (Wildman–Crippen MR) is 158 cm³/mol. The van der Waals surface area contributed by atoms with Crippen molar-refractivity contribution in [2.75, 3.05) is 0 Å². The average molecular weight is 627 g/mol. The molecule has 0 saturated carbocycles. The summed E-state index contributed by atoms with van der Waals surface area (Å²) in [7, 11) is 0. The van der Waals surface area contributed by atoms with Crippen LogP contribution in [0.3, 0.4) is 0 Å². The zero-order chi connectivity index (χ0) is 31.2. The second-order valence-electron chi connectivity index (χ2n) is 9.24. The van der Waals surface area contributed by atoms with E-state index in [9.17, 15) is 56.2 Å². The summed E-state index contributed by atoms with van der Waals surface area (Å²) in [5.74, 6) is -4.18. The Labute approximate surface area is 251 Å². The molecule has 4 aromatic carbocycles. The molecule has 0 aliphatic carbocycles. The van der Waals surface area contributed by atoms with Crippen molar-refractivity contribution in [3.05, 3.63) is 66.7 Å². The zero-order valence-electron chi connectivity index (χ0n) is 22.0. The lowest BCUT2D eigenvalue weighted by Crippen LogP contribution is -1.83. The number of phenolic OH excluding ortho intramolecular Hbond substituents is 9. The van der Waals surface area contributed by atoms with E-state index in [1.54, 1.807) is 0 Å². The van der Waals surface area contributed by atoms with Gasteiger partial charge in [0.05, 0.1) is 23.3 Å². The maximum absolute atomic E-state index is 10.0. The SMILES string of the molecule is Cl.Oc1cc(O)c2cc(O)c(-c3cc(O)c(O)c(O)c3)[o+]c2c1.Oc1cc(O)c2cc(O)c(-c3ccc(O)c(O)c3)[o+]c2c1. The number of rotatable bonds is 2. The molecule has 0 unspecified atom stereocenters. The molecule has 0 aliphatic rings. The van der Waals surface area contributed by atoms with Crippen LogP contribution in [0.4, 0.5) is 0 Å². The van der Waals surface area contributed by atoms with Gasteiger partial charge in [0, 0.05) is 42.5 Å². The maximum atomic E-state index is 10.0. The highest BCUT2D eigenvalue weighted by molar-refractivity contribution is 5.89. The summed E-state index contributed by atoms with van der Waals surface area (Å²) < 4.78 is 10.9. The van der Waals surface area contributed by atoms with Crippen LogP contribution in [0.5, 0.6) is 63.2 Å². The molecule has 6 aromatic rings. The summed E-state index contributed by atoms with van der Waals surface area (Å²) >= 11 is 0. The van der Waals surface area contributed by atoms with E-state index in [4.69, 9.17) is 8.83 Å². The number of benzene rings is 4. The van der Waals surface area contributed by atoms with Crippen molar-refractivity contribution in [3.63, 3.8) is 0 Å². The van der Waals surface area contributed by atoms with Crippen molar-refractivity contribution in [2.45, 2.75) is 0 Å². The fraction of sp³-hybridized carbons (Fsp3) is 0. The Bertz CT molecular complexity index is 2040. The second kappa shape index (κ2) is 11.6. The summed E-state index contributed by atoms with van der Waals surface area (Å²) in [5.41, 5.74) is 0.660. The minimum Gasteiger partial charge on any atom is -0.507 e. The molecule has 0 fully saturated rings. The topological polar surface area (TPSA) is 245 Å². The monoisotopic (exact) mass is 626 g/mol. The maximum Gasteiger partial charge on any atom is 0.402 e. The first kappa shape index (κ1) is 30.7. The molecule has 0 atom stereocenters. The third-order valence-corrected chi connectivity index (χ3v) is 6.23. The third kappa shape index (κ3) is 5.75. The van der Waals surface area contributed by atoms with Gasteiger partial charge in [0.1, 0.15) is 33.8 Å². The van der Waals surface area contributed by atoms with Gasteiger partial charge in [-0.15, -0.1) is 12.4 Å². The molecule has 0 spiro atoms. The van der Waals surface area contributed by atoms with E-state index in [1.807, 2.05) is 0 Å². The van der Waals surface area contributed by atoms with Crippen molar-refractivity contribution in [2.24, 2.45) is 0 Å². The predicted octanol–water partition coefficient (Wildman–Crippen LogP) is 5.95. The van der Waals surface area contributed by atoms with Crippen LogP contribution >= 0.6 is 12.4 Å². The molecule has 0 saturated heterocycles. The van der Waals surface area contributed by atoms with Crippen molar-refractivity contribution < 1.29 is 65.0 Å². The Kier molecular flexibility index (Phi) is 8.09. The summed E-state index contributed by atoms with van der Waals surface area (Å²) in [6.45, 7) is 0. The molecular weight excluding hydrogens is 604 g/mol. The molecule has 11 N–H and O–H groups in total. The summed E-state index contributed by atoms with van der Waals surface area (Å²) in [4.78, 5) is 0. The highest BCUT2D eigenvalue weighted by atomic mass is 35.5. The van der Waals surface area contributed by atoms with E-state index in [1.165, 1.54) is 42.5 Å². The van der Waals surface area contributed by atoms with E-state index in [2.05, 4.69) is 0 Å². The first-order valence-electron chi connectivity index (χ1n) is 12.1. The molecular formula is C30H23ClO13+2. The normalized spacial score (nSPS) is 10.6. The van der Waals surface area contributed by atoms with E-state index in [0.717, 1.165) is 24.3 Å². The van der Waals surface area contributed by atoms with Gasteiger partial charge < -0.3 is 56.2 Å². The van der Waals surface area contributed by atoms with Gasteiger partial charge in [-0.3, -0.25) is 0 Å². The molecule has 226 valence electrons. The van der Waals surface area contributed by atoms with Crippen LogP contribution in [-0.2, 0) is 0 Å². The molecule has 0 amide bonds.